The van der Waals surface area contributed by atoms with Crippen molar-refractivity contribution in [3.63, 3.8) is 0 Å². The molecular formula is C22H24FN5O2S. The van der Waals surface area contributed by atoms with Crippen LogP contribution in [0.2, 0.25) is 0 Å². The van der Waals surface area contributed by atoms with E-state index in [0.29, 0.717) is 24.9 Å². The van der Waals surface area contributed by atoms with Crippen LogP contribution in [0.1, 0.15) is 11.3 Å². The first-order valence-corrected chi connectivity index (χ1v) is 11.5. The van der Waals surface area contributed by atoms with Gasteiger partial charge in [-0.05, 0) is 44.2 Å². The van der Waals surface area contributed by atoms with Gasteiger partial charge in [0.1, 0.15) is 11.6 Å². The molecule has 4 rings (SSSR count). The maximum absolute atomic E-state index is 13.5. The number of benzene rings is 2. The van der Waals surface area contributed by atoms with Gasteiger partial charge in [-0.15, -0.1) is 0 Å². The summed E-state index contributed by atoms with van der Waals surface area (Å²) in [6, 6.07) is 15.0. The quantitative estimate of drug-likeness (QED) is 0.653. The molecule has 0 amide bonds. The van der Waals surface area contributed by atoms with Gasteiger partial charge in [0.15, 0.2) is 0 Å². The molecule has 162 valence electrons. The summed E-state index contributed by atoms with van der Waals surface area (Å²) in [5.74, 6) is 0.667. The third kappa shape index (κ3) is 4.83. The van der Waals surface area contributed by atoms with Crippen molar-refractivity contribution in [3.05, 3.63) is 71.7 Å². The van der Waals surface area contributed by atoms with Gasteiger partial charge in [0.25, 0.3) is 0 Å². The zero-order chi connectivity index (χ0) is 22.0. The molecule has 3 aromatic rings. The van der Waals surface area contributed by atoms with Crippen molar-refractivity contribution in [2.24, 2.45) is 0 Å². The number of hydrogen-bond donors (Lipinski definition) is 1. The summed E-state index contributed by atoms with van der Waals surface area (Å²) < 4.78 is 40.5. The highest BCUT2D eigenvalue weighted by Gasteiger charge is 2.29. The van der Waals surface area contributed by atoms with E-state index in [0.717, 1.165) is 17.4 Å². The molecule has 0 bridgehead atoms. The van der Waals surface area contributed by atoms with Crippen molar-refractivity contribution >= 4 is 27.5 Å². The lowest BCUT2D eigenvalue weighted by atomic mass is 10.2. The summed E-state index contributed by atoms with van der Waals surface area (Å²) in [5.41, 5.74) is 2.92. The smallest absolute Gasteiger partial charge is 0.243 e. The Morgan fingerprint density at radius 2 is 1.65 bits per heavy atom. The molecule has 9 heteroatoms. The zero-order valence-electron chi connectivity index (χ0n) is 17.4. The summed E-state index contributed by atoms with van der Waals surface area (Å²) in [5, 5.41) is 3.29. The molecule has 0 saturated carbocycles. The average Bonchev–Trinajstić information content (AvgIpc) is 2.75. The van der Waals surface area contributed by atoms with Gasteiger partial charge in [-0.2, -0.15) is 9.29 Å². The van der Waals surface area contributed by atoms with Crippen LogP contribution in [0.15, 0.2) is 59.5 Å². The zero-order valence-corrected chi connectivity index (χ0v) is 18.2. The Hall–Kier alpha value is -3.04. The van der Waals surface area contributed by atoms with Crippen molar-refractivity contribution in [1.82, 2.24) is 14.3 Å². The molecular weight excluding hydrogens is 417 g/mol. The number of aryl methyl sites for hydroxylation is 2. The van der Waals surface area contributed by atoms with E-state index in [2.05, 4.69) is 15.3 Å². The second-order valence-electron chi connectivity index (χ2n) is 7.53. The van der Waals surface area contributed by atoms with Gasteiger partial charge in [-0.1, -0.05) is 23.8 Å². The maximum atomic E-state index is 13.5. The van der Waals surface area contributed by atoms with E-state index in [9.17, 15) is 12.8 Å². The Morgan fingerprint density at radius 1 is 0.935 bits per heavy atom. The summed E-state index contributed by atoms with van der Waals surface area (Å²) in [6.45, 7) is 5.37. The standard InChI is InChI=1S/C22H24FN5O2S/c1-16-6-8-19(9-7-16)25-21-14-17(2)24-22(26-21)27-10-12-28(13-11-27)31(29,30)20-5-3-4-18(23)15-20/h3-9,14-15H,10-13H2,1-2H3,(H,24,25,26). The largest absolute Gasteiger partial charge is 0.340 e. The number of anilines is 3. The molecule has 0 unspecified atom stereocenters. The molecule has 0 spiro atoms. The second-order valence-corrected chi connectivity index (χ2v) is 9.47. The van der Waals surface area contributed by atoms with E-state index in [-0.39, 0.29) is 18.0 Å². The van der Waals surface area contributed by atoms with Crippen LogP contribution < -0.4 is 10.2 Å². The van der Waals surface area contributed by atoms with Gasteiger partial charge >= 0.3 is 0 Å². The number of nitrogens with one attached hydrogen (secondary N) is 1. The van der Waals surface area contributed by atoms with E-state index in [1.807, 2.05) is 49.1 Å². The molecule has 1 aromatic heterocycles. The molecule has 2 heterocycles. The van der Waals surface area contributed by atoms with Crippen molar-refractivity contribution in [3.8, 4) is 0 Å². The van der Waals surface area contributed by atoms with Gasteiger partial charge in [-0.25, -0.2) is 17.8 Å². The molecule has 0 aliphatic carbocycles. The third-order valence-electron chi connectivity index (χ3n) is 5.12. The highest BCUT2D eigenvalue weighted by atomic mass is 32.2. The first-order chi connectivity index (χ1) is 14.8. The number of piperazine rings is 1. The fraction of sp³-hybridized carbons (Fsp3) is 0.273. The van der Waals surface area contributed by atoms with E-state index >= 15 is 0 Å². The van der Waals surface area contributed by atoms with Gasteiger partial charge in [-0.3, -0.25) is 0 Å². The molecule has 1 N–H and O–H groups in total. The number of halogens is 1. The SMILES string of the molecule is Cc1ccc(Nc2cc(C)nc(N3CCN(S(=O)(=O)c4cccc(F)c4)CC3)n2)cc1. The van der Waals surface area contributed by atoms with Crippen LogP contribution in [0.5, 0.6) is 0 Å². The van der Waals surface area contributed by atoms with Gasteiger partial charge in [0.2, 0.25) is 16.0 Å². The van der Waals surface area contributed by atoms with Crippen LogP contribution in [-0.4, -0.2) is 48.9 Å². The first kappa shape index (κ1) is 21.2. The van der Waals surface area contributed by atoms with Gasteiger partial charge in [0, 0.05) is 43.6 Å². The third-order valence-corrected chi connectivity index (χ3v) is 7.02. The summed E-state index contributed by atoms with van der Waals surface area (Å²) in [7, 11) is -3.74. The minimum atomic E-state index is -3.74. The van der Waals surface area contributed by atoms with Crippen LogP contribution in [0, 0.1) is 19.7 Å². The molecule has 1 aliphatic heterocycles. The Labute approximate surface area is 181 Å². The number of hydrogen-bond acceptors (Lipinski definition) is 6. The minimum Gasteiger partial charge on any atom is -0.340 e. The van der Waals surface area contributed by atoms with E-state index in [4.69, 9.17) is 0 Å². The normalized spacial score (nSPS) is 15.1. The van der Waals surface area contributed by atoms with E-state index in [1.165, 1.54) is 28.1 Å². The predicted molar refractivity (Wildman–Crippen MR) is 119 cm³/mol. The molecule has 1 fully saturated rings. The Morgan fingerprint density at radius 3 is 2.32 bits per heavy atom. The summed E-state index contributed by atoms with van der Waals surface area (Å²) in [6.07, 6.45) is 0. The summed E-state index contributed by atoms with van der Waals surface area (Å²) >= 11 is 0. The monoisotopic (exact) mass is 441 g/mol. The lowest BCUT2D eigenvalue weighted by Gasteiger charge is -2.34. The number of nitrogens with zero attached hydrogens (tertiary/aromatic N) is 4. The maximum Gasteiger partial charge on any atom is 0.243 e. The summed E-state index contributed by atoms with van der Waals surface area (Å²) in [4.78, 5) is 11.1. The first-order valence-electron chi connectivity index (χ1n) is 10.0. The van der Waals surface area contributed by atoms with Gasteiger partial charge < -0.3 is 10.2 Å². The van der Waals surface area contributed by atoms with Crippen LogP contribution in [0.3, 0.4) is 0 Å². The minimum absolute atomic E-state index is 0.0302. The number of rotatable bonds is 5. The molecule has 1 aliphatic rings. The molecule has 2 aromatic carbocycles. The van der Waals surface area contributed by atoms with Gasteiger partial charge in [0.05, 0.1) is 4.90 Å². The fourth-order valence-electron chi connectivity index (χ4n) is 3.45. The molecule has 31 heavy (non-hydrogen) atoms. The fourth-order valence-corrected chi connectivity index (χ4v) is 4.90. The Bertz CT molecular complexity index is 1180. The number of aromatic nitrogens is 2. The van der Waals surface area contributed by atoms with Crippen molar-refractivity contribution < 1.29 is 12.8 Å². The highest BCUT2D eigenvalue weighted by molar-refractivity contribution is 7.89. The Kier molecular flexibility index (Phi) is 5.88. The number of sulfonamides is 1. The second kappa shape index (κ2) is 8.60. The Balaban J connectivity index is 1.47. The van der Waals surface area contributed by atoms with Crippen molar-refractivity contribution in [2.45, 2.75) is 18.7 Å². The topological polar surface area (TPSA) is 78.4 Å². The van der Waals surface area contributed by atoms with Crippen molar-refractivity contribution in [2.75, 3.05) is 36.4 Å². The molecule has 0 atom stereocenters. The van der Waals surface area contributed by atoms with Crippen LogP contribution in [-0.2, 0) is 10.0 Å². The van der Waals surface area contributed by atoms with Crippen LogP contribution in [0.25, 0.3) is 0 Å². The lowest BCUT2D eigenvalue weighted by Crippen LogP contribution is -2.49. The highest BCUT2D eigenvalue weighted by Crippen LogP contribution is 2.22. The molecule has 1 saturated heterocycles. The van der Waals surface area contributed by atoms with Crippen molar-refractivity contribution in [1.29, 1.82) is 0 Å². The molecule has 0 radical (unpaired) electrons. The van der Waals surface area contributed by atoms with Crippen LogP contribution in [0.4, 0.5) is 21.8 Å². The van der Waals surface area contributed by atoms with Crippen LogP contribution >= 0.6 is 0 Å². The van der Waals surface area contributed by atoms with E-state index < -0.39 is 15.8 Å². The average molecular weight is 442 g/mol. The lowest BCUT2D eigenvalue weighted by molar-refractivity contribution is 0.382. The molecule has 7 nitrogen and oxygen atoms in total. The predicted octanol–water partition coefficient (Wildman–Crippen LogP) is 3.49. The van der Waals surface area contributed by atoms with E-state index in [1.54, 1.807) is 0 Å².